The average molecular weight is 381 g/mol. The van der Waals surface area contributed by atoms with Crippen LogP contribution in [0.15, 0.2) is 48.5 Å². The van der Waals surface area contributed by atoms with Gasteiger partial charge in [0.15, 0.2) is 10.9 Å². The van der Waals surface area contributed by atoms with Gasteiger partial charge in [-0.3, -0.25) is 24.1 Å². The zero-order chi connectivity index (χ0) is 19.6. The number of amides is 3. The van der Waals surface area contributed by atoms with E-state index < -0.39 is 24.3 Å². The van der Waals surface area contributed by atoms with Crippen LogP contribution in [0.25, 0.3) is 0 Å². The molecular weight excluding hydrogens is 366 g/mol. The van der Waals surface area contributed by atoms with Crippen molar-refractivity contribution < 1.29 is 19.2 Å². The third-order valence-corrected chi connectivity index (χ3v) is 4.16. The highest BCUT2D eigenvalue weighted by Gasteiger charge is 2.36. The number of thiocarbonyl (C=S) groups is 1. The molecule has 2 aromatic rings. The van der Waals surface area contributed by atoms with E-state index in [1.165, 1.54) is 6.92 Å². The van der Waals surface area contributed by atoms with E-state index >= 15 is 0 Å². The van der Waals surface area contributed by atoms with Crippen LogP contribution >= 0.6 is 12.2 Å². The first kappa shape index (κ1) is 18.4. The Balaban J connectivity index is 1.61. The second kappa shape index (κ2) is 7.46. The first-order valence-electron chi connectivity index (χ1n) is 8.04. The fourth-order valence-electron chi connectivity index (χ4n) is 2.67. The van der Waals surface area contributed by atoms with Crippen LogP contribution in [0.4, 0.5) is 5.69 Å². The van der Waals surface area contributed by atoms with Crippen LogP contribution in [-0.2, 0) is 4.79 Å². The molecule has 27 heavy (non-hydrogen) atoms. The number of hydrogen-bond acceptors (Lipinski definition) is 5. The number of anilines is 1. The molecule has 0 saturated carbocycles. The number of carbonyl (C=O) groups excluding carboxylic acids is 4. The minimum Gasteiger partial charge on any atom is -0.332 e. The van der Waals surface area contributed by atoms with Gasteiger partial charge in [-0.15, -0.1) is 0 Å². The van der Waals surface area contributed by atoms with Gasteiger partial charge < -0.3 is 10.6 Å². The third kappa shape index (κ3) is 3.90. The van der Waals surface area contributed by atoms with Crippen LogP contribution in [0.3, 0.4) is 0 Å². The topological polar surface area (TPSA) is 95.6 Å². The molecule has 136 valence electrons. The van der Waals surface area contributed by atoms with E-state index in [1.807, 2.05) is 0 Å². The molecule has 1 aliphatic heterocycles. The maximum Gasteiger partial charge on any atom is 0.262 e. The van der Waals surface area contributed by atoms with E-state index in [0.717, 1.165) is 4.90 Å². The van der Waals surface area contributed by atoms with Gasteiger partial charge in [0, 0.05) is 11.3 Å². The number of nitrogens with zero attached hydrogens (tertiary/aromatic N) is 1. The minimum atomic E-state index is -0.607. The van der Waals surface area contributed by atoms with Crippen LogP contribution < -0.4 is 10.6 Å². The molecule has 0 saturated heterocycles. The van der Waals surface area contributed by atoms with Crippen LogP contribution in [0.1, 0.15) is 38.0 Å². The fraction of sp³-hybridized carbons (Fsp3) is 0.105. The molecule has 8 heteroatoms. The maximum absolute atomic E-state index is 12.3. The van der Waals surface area contributed by atoms with Crippen molar-refractivity contribution in [2.24, 2.45) is 0 Å². The molecule has 0 bridgehead atoms. The zero-order valence-corrected chi connectivity index (χ0v) is 15.1. The molecular formula is C19H15N3O4S. The molecule has 3 rings (SSSR count). The van der Waals surface area contributed by atoms with Gasteiger partial charge in [0.25, 0.3) is 11.8 Å². The summed E-state index contributed by atoms with van der Waals surface area (Å²) in [7, 11) is 0. The molecule has 0 aliphatic carbocycles. The quantitative estimate of drug-likeness (QED) is 0.478. The van der Waals surface area contributed by atoms with Crippen LogP contribution in [0.2, 0.25) is 0 Å². The molecule has 2 aromatic carbocycles. The molecule has 3 amide bonds. The van der Waals surface area contributed by atoms with Gasteiger partial charge in [0.2, 0.25) is 5.91 Å². The molecule has 0 atom stereocenters. The van der Waals surface area contributed by atoms with Gasteiger partial charge >= 0.3 is 0 Å². The Labute approximate surface area is 160 Å². The number of fused-ring (bicyclic) bond motifs is 1. The molecule has 0 fully saturated rings. The molecule has 0 unspecified atom stereocenters. The maximum atomic E-state index is 12.3. The summed E-state index contributed by atoms with van der Waals surface area (Å²) in [6.07, 6.45) is 0. The average Bonchev–Trinajstić information content (AvgIpc) is 2.87. The molecule has 0 radical (unpaired) electrons. The minimum absolute atomic E-state index is 0.00249. The Bertz CT molecular complexity index is 951. The summed E-state index contributed by atoms with van der Waals surface area (Å²) in [5.41, 5.74) is 1.59. The summed E-state index contributed by atoms with van der Waals surface area (Å²) in [5, 5.41) is 5.21. The summed E-state index contributed by atoms with van der Waals surface area (Å²) < 4.78 is 0. The lowest BCUT2D eigenvalue weighted by Crippen LogP contribution is -2.43. The predicted octanol–water partition coefficient (Wildman–Crippen LogP) is 2.00. The number of Topliss-reactive ketones (excluding diaryl/α,β-unsaturated/α-hetero) is 1. The highest BCUT2D eigenvalue weighted by molar-refractivity contribution is 7.80. The summed E-state index contributed by atoms with van der Waals surface area (Å²) >= 11 is 5.07. The summed E-state index contributed by atoms with van der Waals surface area (Å²) in [4.78, 5) is 49.0. The van der Waals surface area contributed by atoms with Crippen molar-refractivity contribution in [2.45, 2.75) is 6.92 Å². The highest BCUT2D eigenvalue weighted by atomic mass is 32.1. The smallest absolute Gasteiger partial charge is 0.262 e. The number of rotatable bonds is 4. The number of imide groups is 1. The predicted molar refractivity (Wildman–Crippen MR) is 103 cm³/mol. The first-order chi connectivity index (χ1) is 12.9. The van der Waals surface area contributed by atoms with Crippen molar-refractivity contribution in [3.63, 3.8) is 0 Å². The van der Waals surface area contributed by atoms with Crippen LogP contribution in [0.5, 0.6) is 0 Å². The van der Waals surface area contributed by atoms with Crippen molar-refractivity contribution in [1.82, 2.24) is 10.2 Å². The van der Waals surface area contributed by atoms with E-state index in [9.17, 15) is 19.2 Å². The number of hydrogen-bond donors (Lipinski definition) is 2. The Kier molecular flexibility index (Phi) is 5.09. The standard InChI is InChI=1S/C19H15N3O4S/c1-11(23)12-5-4-6-13(9-12)20-19(27)21-16(24)10-22-17(25)14-7-2-3-8-15(14)18(22)26/h2-9H,10H2,1H3,(H2,20,21,24,27). The Morgan fingerprint density at radius 3 is 2.22 bits per heavy atom. The number of carbonyl (C=O) groups is 4. The lowest BCUT2D eigenvalue weighted by molar-refractivity contribution is -0.120. The normalized spacial score (nSPS) is 12.6. The van der Waals surface area contributed by atoms with Crippen molar-refractivity contribution in [3.05, 3.63) is 65.2 Å². The Hall–Kier alpha value is -3.39. The number of nitrogens with one attached hydrogen (secondary N) is 2. The fourth-order valence-corrected chi connectivity index (χ4v) is 2.90. The van der Waals surface area contributed by atoms with E-state index in [1.54, 1.807) is 48.5 Å². The lowest BCUT2D eigenvalue weighted by Gasteiger charge is -2.15. The first-order valence-corrected chi connectivity index (χ1v) is 8.44. The molecule has 2 N–H and O–H groups in total. The SMILES string of the molecule is CC(=O)c1cccc(NC(=S)NC(=O)CN2C(=O)c3ccccc3C2=O)c1. The van der Waals surface area contributed by atoms with E-state index in [-0.39, 0.29) is 22.0 Å². The van der Waals surface area contributed by atoms with E-state index in [2.05, 4.69) is 10.6 Å². The van der Waals surface area contributed by atoms with Gasteiger partial charge in [-0.05, 0) is 43.4 Å². The number of ketones is 1. The summed E-state index contributed by atoms with van der Waals surface area (Å²) in [5.74, 6) is -1.73. The molecule has 7 nitrogen and oxygen atoms in total. The monoisotopic (exact) mass is 381 g/mol. The molecule has 0 aromatic heterocycles. The number of benzene rings is 2. The van der Waals surface area contributed by atoms with Crippen LogP contribution in [-0.4, -0.2) is 40.1 Å². The van der Waals surface area contributed by atoms with Gasteiger partial charge in [-0.2, -0.15) is 0 Å². The van der Waals surface area contributed by atoms with Gasteiger partial charge in [-0.25, -0.2) is 0 Å². The Morgan fingerprint density at radius 2 is 1.63 bits per heavy atom. The zero-order valence-electron chi connectivity index (χ0n) is 14.3. The van der Waals surface area contributed by atoms with Crippen molar-refractivity contribution >= 4 is 46.5 Å². The van der Waals surface area contributed by atoms with Gasteiger partial charge in [0.05, 0.1) is 11.1 Å². The largest absolute Gasteiger partial charge is 0.332 e. The van der Waals surface area contributed by atoms with E-state index in [0.29, 0.717) is 11.3 Å². The molecule has 1 heterocycles. The lowest BCUT2D eigenvalue weighted by atomic mass is 10.1. The third-order valence-electron chi connectivity index (χ3n) is 3.96. The second-order valence-corrected chi connectivity index (χ2v) is 6.29. The summed E-state index contributed by atoms with van der Waals surface area (Å²) in [6.45, 7) is 1.00. The van der Waals surface area contributed by atoms with Crippen molar-refractivity contribution in [3.8, 4) is 0 Å². The van der Waals surface area contributed by atoms with Crippen molar-refractivity contribution in [1.29, 1.82) is 0 Å². The molecule has 1 aliphatic rings. The molecule has 0 spiro atoms. The van der Waals surface area contributed by atoms with E-state index in [4.69, 9.17) is 12.2 Å². The Morgan fingerprint density at radius 1 is 1.00 bits per heavy atom. The van der Waals surface area contributed by atoms with Gasteiger partial charge in [0.1, 0.15) is 6.54 Å². The van der Waals surface area contributed by atoms with Crippen LogP contribution in [0, 0.1) is 0 Å². The van der Waals surface area contributed by atoms with Crippen molar-refractivity contribution in [2.75, 3.05) is 11.9 Å². The van der Waals surface area contributed by atoms with Gasteiger partial charge in [-0.1, -0.05) is 24.3 Å². The highest BCUT2D eigenvalue weighted by Crippen LogP contribution is 2.21. The summed E-state index contributed by atoms with van der Waals surface area (Å²) in [6, 6.07) is 13.0. The second-order valence-electron chi connectivity index (χ2n) is 5.88.